The average Bonchev–Trinajstić information content (AvgIpc) is 2.28. The highest BCUT2D eigenvalue weighted by Gasteiger charge is 2.08. The highest BCUT2D eigenvalue weighted by Crippen LogP contribution is 1.95. The Morgan fingerprint density at radius 2 is 1.94 bits per heavy atom. The standard InChI is InChI=1S/C10H18O4.C2H6/c1-4-5-13-6-9(11)7-14-10(12)8(2)3;1-2/h9,11H,2,4-7H2,1,3H3;1-2H3. The summed E-state index contributed by atoms with van der Waals surface area (Å²) in [6, 6.07) is 0. The van der Waals surface area contributed by atoms with Gasteiger partial charge in [-0.05, 0) is 13.3 Å². The van der Waals surface area contributed by atoms with Crippen LogP contribution in [-0.4, -0.2) is 37.0 Å². The molecule has 0 fully saturated rings. The number of aliphatic hydroxyl groups excluding tert-OH is 1. The Morgan fingerprint density at radius 1 is 1.38 bits per heavy atom. The van der Waals surface area contributed by atoms with Gasteiger partial charge in [-0.1, -0.05) is 27.4 Å². The first-order valence-electron chi connectivity index (χ1n) is 5.66. The molecular formula is C12H24O4. The molecule has 1 atom stereocenters. The van der Waals surface area contributed by atoms with Gasteiger partial charge in [-0.2, -0.15) is 0 Å². The first-order chi connectivity index (χ1) is 7.57. The van der Waals surface area contributed by atoms with Crippen molar-refractivity contribution in [1.82, 2.24) is 0 Å². The van der Waals surface area contributed by atoms with Crippen LogP contribution in [0, 0.1) is 0 Å². The zero-order chi connectivity index (χ0) is 13.0. The third kappa shape index (κ3) is 11.2. The van der Waals surface area contributed by atoms with E-state index in [2.05, 4.69) is 6.58 Å². The summed E-state index contributed by atoms with van der Waals surface area (Å²) in [5, 5.41) is 9.27. The molecule has 0 bridgehead atoms. The number of carbonyl (C=O) groups excluding carboxylic acids is 1. The van der Waals surface area contributed by atoms with E-state index in [1.54, 1.807) is 6.92 Å². The molecule has 0 heterocycles. The van der Waals surface area contributed by atoms with Crippen molar-refractivity contribution in [3.63, 3.8) is 0 Å². The number of hydrogen-bond donors (Lipinski definition) is 1. The van der Waals surface area contributed by atoms with Crippen LogP contribution in [0.3, 0.4) is 0 Å². The normalized spacial score (nSPS) is 11.1. The van der Waals surface area contributed by atoms with Crippen molar-refractivity contribution in [3.8, 4) is 0 Å². The van der Waals surface area contributed by atoms with Gasteiger partial charge in [0.1, 0.15) is 12.7 Å². The van der Waals surface area contributed by atoms with Gasteiger partial charge in [0.15, 0.2) is 0 Å². The van der Waals surface area contributed by atoms with Crippen molar-refractivity contribution < 1.29 is 19.4 Å². The van der Waals surface area contributed by atoms with Gasteiger partial charge in [-0.3, -0.25) is 0 Å². The van der Waals surface area contributed by atoms with Crippen LogP contribution in [-0.2, 0) is 14.3 Å². The molecule has 0 aliphatic rings. The maximum atomic E-state index is 10.9. The minimum atomic E-state index is -0.759. The number of rotatable bonds is 7. The molecule has 0 rings (SSSR count). The summed E-state index contributed by atoms with van der Waals surface area (Å²) < 4.78 is 9.80. The van der Waals surface area contributed by atoms with Crippen molar-refractivity contribution in [2.75, 3.05) is 19.8 Å². The van der Waals surface area contributed by atoms with E-state index in [1.165, 1.54) is 0 Å². The predicted octanol–water partition coefficient (Wildman–Crippen LogP) is 1.92. The molecule has 4 nitrogen and oxygen atoms in total. The Hall–Kier alpha value is -0.870. The van der Waals surface area contributed by atoms with Crippen LogP contribution in [0.15, 0.2) is 12.2 Å². The summed E-state index contributed by atoms with van der Waals surface area (Å²) in [5.74, 6) is -0.487. The minimum absolute atomic E-state index is 0.0462. The fourth-order valence-electron chi connectivity index (χ4n) is 0.707. The summed E-state index contributed by atoms with van der Waals surface area (Å²) in [5.41, 5.74) is 0.326. The average molecular weight is 232 g/mol. The van der Waals surface area contributed by atoms with Crippen LogP contribution < -0.4 is 0 Å². The summed E-state index contributed by atoms with van der Waals surface area (Å²) >= 11 is 0. The second-order valence-electron chi connectivity index (χ2n) is 3.11. The Kier molecular flexibility index (Phi) is 13.4. The van der Waals surface area contributed by atoms with Crippen LogP contribution in [0.4, 0.5) is 0 Å². The fourth-order valence-corrected chi connectivity index (χ4v) is 0.707. The Labute approximate surface area is 98.3 Å². The van der Waals surface area contributed by atoms with Gasteiger partial charge in [-0.25, -0.2) is 4.79 Å². The van der Waals surface area contributed by atoms with E-state index in [1.807, 2.05) is 20.8 Å². The van der Waals surface area contributed by atoms with Crippen LogP contribution in [0.25, 0.3) is 0 Å². The molecule has 1 unspecified atom stereocenters. The Morgan fingerprint density at radius 3 is 2.38 bits per heavy atom. The molecule has 0 amide bonds. The van der Waals surface area contributed by atoms with Crippen LogP contribution in [0.1, 0.15) is 34.1 Å². The second kappa shape index (κ2) is 12.2. The molecule has 4 heteroatoms. The largest absolute Gasteiger partial charge is 0.460 e. The molecular weight excluding hydrogens is 208 g/mol. The second-order valence-corrected chi connectivity index (χ2v) is 3.11. The lowest BCUT2D eigenvalue weighted by Gasteiger charge is -2.11. The maximum absolute atomic E-state index is 10.9. The van der Waals surface area contributed by atoms with Crippen molar-refractivity contribution in [2.24, 2.45) is 0 Å². The number of hydrogen-bond acceptors (Lipinski definition) is 4. The first-order valence-corrected chi connectivity index (χ1v) is 5.66. The van der Waals surface area contributed by atoms with E-state index in [4.69, 9.17) is 9.47 Å². The third-order valence-corrected chi connectivity index (χ3v) is 1.41. The van der Waals surface area contributed by atoms with Crippen LogP contribution in [0.2, 0.25) is 0 Å². The molecule has 0 aliphatic carbocycles. The van der Waals surface area contributed by atoms with Gasteiger partial charge in [0.25, 0.3) is 0 Å². The van der Waals surface area contributed by atoms with Gasteiger partial charge in [0, 0.05) is 12.2 Å². The van der Waals surface area contributed by atoms with Crippen LogP contribution >= 0.6 is 0 Å². The van der Waals surface area contributed by atoms with Crippen molar-refractivity contribution in [3.05, 3.63) is 12.2 Å². The molecule has 0 radical (unpaired) electrons. The van der Waals surface area contributed by atoms with E-state index in [0.717, 1.165) is 6.42 Å². The number of esters is 1. The molecule has 0 aliphatic heterocycles. The zero-order valence-electron chi connectivity index (χ0n) is 10.8. The molecule has 0 spiro atoms. The lowest BCUT2D eigenvalue weighted by molar-refractivity contribution is -0.143. The highest BCUT2D eigenvalue weighted by molar-refractivity contribution is 5.86. The molecule has 96 valence electrons. The van der Waals surface area contributed by atoms with E-state index >= 15 is 0 Å². The predicted molar refractivity (Wildman–Crippen MR) is 64.2 cm³/mol. The number of aliphatic hydroxyl groups is 1. The summed E-state index contributed by atoms with van der Waals surface area (Å²) in [7, 11) is 0. The van der Waals surface area contributed by atoms with Gasteiger partial charge in [0.2, 0.25) is 0 Å². The summed E-state index contributed by atoms with van der Waals surface area (Å²) in [6.07, 6.45) is 0.142. The Bertz CT molecular complexity index is 189. The minimum Gasteiger partial charge on any atom is -0.460 e. The van der Waals surface area contributed by atoms with Crippen molar-refractivity contribution >= 4 is 5.97 Å². The maximum Gasteiger partial charge on any atom is 0.333 e. The summed E-state index contributed by atoms with van der Waals surface area (Å²) in [6.45, 7) is 11.7. The zero-order valence-corrected chi connectivity index (χ0v) is 10.8. The van der Waals surface area contributed by atoms with E-state index in [-0.39, 0.29) is 13.2 Å². The third-order valence-electron chi connectivity index (χ3n) is 1.41. The van der Waals surface area contributed by atoms with Gasteiger partial charge < -0.3 is 14.6 Å². The molecule has 0 saturated carbocycles. The van der Waals surface area contributed by atoms with Crippen molar-refractivity contribution in [2.45, 2.75) is 40.2 Å². The van der Waals surface area contributed by atoms with E-state index < -0.39 is 12.1 Å². The summed E-state index contributed by atoms with van der Waals surface area (Å²) in [4.78, 5) is 10.9. The van der Waals surface area contributed by atoms with E-state index in [0.29, 0.717) is 12.2 Å². The first kappa shape index (κ1) is 17.5. The van der Waals surface area contributed by atoms with Crippen molar-refractivity contribution in [1.29, 1.82) is 0 Å². The molecule has 1 N–H and O–H groups in total. The molecule has 0 aromatic carbocycles. The molecule has 0 aromatic heterocycles. The quantitative estimate of drug-likeness (QED) is 0.414. The SMILES string of the molecule is C=C(C)C(=O)OCC(O)COCCC.CC. The fraction of sp³-hybridized carbons (Fsp3) is 0.750. The smallest absolute Gasteiger partial charge is 0.333 e. The topological polar surface area (TPSA) is 55.8 Å². The lowest BCUT2D eigenvalue weighted by atomic mass is 10.3. The monoisotopic (exact) mass is 232 g/mol. The number of carbonyl (C=O) groups is 1. The molecule has 0 saturated heterocycles. The van der Waals surface area contributed by atoms with Crippen LogP contribution in [0.5, 0.6) is 0 Å². The van der Waals surface area contributed by atoms with Gasteiger partial charge in [0.05, 0.1) is 6.61 Å². The Balaban J connectivity index is 0. The van der Waals surface area contributed by atoms with E-state index in [9.17, 15) is 9.90 Å². The highest BCUT2D eigenvalue weighted by atomic mass is 16.5. The lowest BCUT2D eigenvalue weighted by Crippen LogP contribution is -2.24. The number of ether oxygens (including phenoxy) is 2. The van der Waals surface area contributed by atoms with Gasteiger partial charge >= 0.3 is 5.97 Å². The van der Waals surface area contributed by atoms with Gasteiger partial charge in [-0.15, -0.1) is 0 Å². The molecule has 0 aromatic rings. The molecule has 16 heavy (non-hydrogen) atoms.